The number of fused-ring (bicyclic) bond motifs is 1. The van der Waals surface area contributed by atoms with Gasteiger partial charge in [0.15, 0.2) is 0 Å². The minimum absolute atomic E-state index is 0.00409. The van der Waals surface area contributed by atoms with Gasteiger partial charge in [-0.25, -0.2) is 0 Å². The Balaban J connectivity index is 0.000000708. The highest BCUT2D eigenvalue weighted by molar-refractivity contribution is 5.97. The number of benzene rings is 2. The van der Waals surface area contributed by atoms with E-state index < -0.39 is 11.7 Å². The molecule has 1 fully saturated rings. The summed E-state index contributed by atoms with van der Waals surface area (Å²) in [4.78, 5) is 26.3. The highest BCUT2D eigenvalue weighted by Gasteiger charge is 2.33. The van der Waals surface area contributed by atoms with Crippen molar-refractivity contribution in [3.63, 3.8) is 0 Å². The fourth-order valence-corrected chi connectivity index (χ4v) is 4.19. The Morgan fingerprint density at radius 3 is 2.21 bits per heavy atom. The Morgan fingerprint density at radius 2 is 1.68 bits per heavy atom. The predicted octanol–water partition coefficient (Wildman–Crippen LogP) is 6.37. The average molecular weight is 535 g/mol. The van der Waals surface area contributed by atoms with E-state index in [-0.39, 0.29) is 11.9 Å². The third kappa shape index (κ3) is 9.37. The number of hydrogen-bond donors (Lipinski definition) is 0. The largest absolute Gasteiger partial charge is 0.471 e. The van der Waals surface area contributed by atoms with E-state index in [1.165, 1.54) is 19.2 Å². The summed E-state index contributed by atoms with van der Waals surface area (Å²) < 4.78 is 47.9. The normalized spacial score (nSPS) is 16.6. The molecule has 2 aromatic rings. The summed E-state index contributed by atoms with van der Waals surface area (Å²) in [5.41, 5.74) is 0.718. The minimum Gasteiger partial charge on any atom is -0.471 e. The van der Waals surface area contributed by atoms with Gasteiger partial charge in [-0.05, 0) is 76.2 Å². The number of rotatable bonds is 4. The van der Waals surface area contributed by atoms with Crippen molar-refractivity contribution in [1.29, 1.82) is 0 Å². The zero-order valence-corrected chi connectivity index (χ0v) is 22.3. The Kier molecular flexibility index (Phi) is 13.9. The van der Waals surface area contributed by atoms with E-state index >= 15 is 0 Å². The molecule has 1 saturated heterocycles. The third-order valence-electron chi connectivity index (χ3n) is 5.77. The smallest absolute Gasteiger partial charge is 0.416 e. The van der Waals surface area contributed by atoms with Crippen LogP contribution in [-0.4, -0.2) is 62.0 Å². The summed E-state index contributed by atoms with van der Waals surface area (Å²) in [6.07, 6.45) is 0.119. The second kappa shape index (κ2) is 16.3. The summed E-state index contributed by atoms with van der Waals surface area (Å²) >= 11 is 0. The molecule has 0 aliphatic carbocycles. The standard InChI is InChI=1S/C22H23F3N2O2.C3H6.C2H4O2.C2H4/c1-26-12-3-4-16(14-26)27-13-11-18-19(21(27)28)5-2-6-20(18)29-17-9-7-15(8-10-17)22(23,24)25;1-3-2;1-4-2-3;1-2/h2,5-10,16H,3-4,11-14H2,1H3;3H,1H2,2H3;2H,1H3;1-2H2. The van der Waals surface area contributed by atoms with Crippen molar-refractivity contribution in [2.75, 3.05) is 33.8 Å². The van der Waals surface area contributed by atoms with Gasteiger partial charge in [-0.15, -0.1) is 19.7 Å². The quantitative estimate of drug-likeness (QED) is 0.337. The number of halogens is 3. The van der Waals surface area contributed by atoms with Gasteiger partial charge in [0.2, 0.25) is 0 Å². The molecule has 208 valence electrons. The zero-order chi connectivity index (χ0) is 28.7. The maximum Gasteiger partial charge on any atom is 0.416 e. The summed E-state index contributed by atoms with van der Waals surface area (Å²) in [6.45, 7) is 14.2. The Labute approximate surface area is 223 Å². The van der Waals surface area contributed by atoms with Crippen LogP contribution in [0.4, 0.5) is 13.2 Å². The van der Waals surface area contributed by atoms with Crippen molar-refractivity contribution in [3.05, 3.63) is 85.0 Å². The number of methoxy groups -OCH3 is 1. The van der Waals surface area contributed by atoms with Crippen LogP contribution in [0.2, 0.25) is 0 Å². The molecular weight excluding hydrogens is 497 g/mol. The van der Waals surface area contributed by atoms with Crippen LogP contribution >= 0.6 is 0 Å². The molecule has 38 heavy (non-hydrogen) atoms. The molecule has 2 aliphatic rings. The lowest BCUT2D eigenvalue weighted by Gasteiger charge is -2.40. The van der Waals surface area contributed by atoms with Gasteiger partial charge >= 0.3 is 6.18 Å². The Hall–Kier alpha value is -3.59. The SMILES string of the molecule is C=C.C=CC.CN1CCCC(N2CCc3c(Oc4ccc(C(F)(F)F)cc4)cccc3C2=O)C1.COC=O. The molecule has 2 heterocycles. The van der Waals surface area contributed by atoms with Gasteiger partial charge < -0.3 is 19.3 Å². The summed E-state index contributed by atoms with van der Waals surface area (Å²) in [6, 6.07) is 10.1. The predicted molar refractivity (Wildman–Crippen MR) is 143 cm³/mol. The molecular formula is C29H37F3N2O4. The molecule has 2 aliphatic heterocycles. The van der Waals surface area contributed by atoms with Crippen LogP contribution in [0, 0.1) is 0 Å². The van der Waals surface area contributed by atoms with Crippen LogP contribution in [-0.2, 0) is 22.1 Å². The third-order valence-corrected chi connectivity index (χ3v) is 5.77. The zero-order valence-electron chi connectivity index (χ0n) is 22.3. The van der Waals surface area contributed by atoms with Gasteiger partial charge in [0, 0.05) is 30.3 Å². The van der Waals surface area contributed by atoms with Gasteiger partial charge in [-0.1, -0.05) is 12.1 Å². The van der Waals surface area contributed by atoms with Crippen LogP contribution in [0.3, 0.4) is 0 Å². The number of piperidine rings is 1. The number of carbonyl (C=O) groups is 2. The van der Waals surface area contributed by atoms with Gasteiger partial charge in [-0.3, -0.25) is 9.59 Å². The molecule has 9 heteroatoms. The van der Waals surface area contributed by atoms with E-state index in [2.05, 4.69) is 36.4 Å². The molecule has 1 amide bonds. The van der Waals surface area contributed by atoms with E-state index in [4.69, 9.17) is 9.53 Å². The van der Waals surface area contributed by atoms with Crippen LogP contribution in [0.1, 0.15) is 41.3 Å². The molecule has 1 unspecified atom stereocenters. The van der Waals surface area contributed by atoms with Crippen LogP contribution < -0.4 is 4.74 Å². The second-order valence-electron chi connectivity index (χ2n) is 8.45. The van der Waals surface area contributed by atoms with E-state index in [1.807, 2.05) is 11.8 Å². The average Bonchev–Trinajstić information content (AvgIpc) is 2.91. The summed E-state index contributed by atoms with van der Waals surface area (Å²) in [5.74, 6) is 0.843. The van der Waals surface area contributed by atoms with Crippen LogP contribution in [0.5, 0.6) is 11.5 Å². The van der Waals surface area contributed by atoms with Crippen molar-refractivity contribution in [2.45, 2.75) is 38.4 Å². The van der Waals surface area contributed by atoms with Crippen LogP contribution in [0.15, 0.2) is 68.3 Å². The molecule has 0 bridgehead atoms. The molecule has 0 spiro atoms. The minimum atomic E-state index is -4.38. The van der Waals surface area contributed by atoms with Crippen molar-refractivity contribution < 1.29 is 32.2 Å². The van der Waals surface area contributed by atoms with Crippen molar-refractivity contribution in [2.24, 2.45) is 0 Å². The topological polar surface area (TPSA) is 59.1 Å². The van der Waals surface area contributed by atoms with E-state index in [9.17, 15) is 18.0 Å². The highest BCUT2D eigenvalue weighted by Crippen LogP contribution is 2.35. The number of alkyl halides is 3. The lowest BCUT2D eigenvalue weighted by Crippen LogP contribution is -2.51. The monoisotopic (exact) mass is 534 g/mol. The number of amides is 1. The second-order valence-corrected chi connectivity index (χ2v) is 8.45. The van der Waals surface area contributed by atoms with E-state index in [1.54, 1.807) is 24.3 Å². The van der Waals surface area contributed by atoms with Crippen molar-refractivity contribution >= 4 is 12.4 Å². The number of ether oxygens (including phenoxy) is 2. The van der Waals surface area contributed by atoms with E-state index in [0.717, 1.165) is 43.6 Å². The van der Waals surface area contributed by atoms with Crippen molar-refractivity contribution in [3.8, 4) is 11.5 Å². The molecule has 1 atom stereocenters. The maximum absolute atomic E-state index is 13.1. The lowest BCUT2D eigenvalue weighted by molar-refractivity contribution is -0.137. The van der Waals surface area contributed by atoms with Gasteiger partial charge in [0.25, 0.3) is 12.4 Å². The fraction of sp³-hybridized carbons (Fsp3) is 0.379. The Morgan fingerprint density at radius 1 is 1.08 bits per heavy atom. The first-order valence-corrected chi connectivity index (χ1v) is 12.2. The van der Waals surface area contributed by atoms with Crippen LogP contribution in [0.25, 0.3) is 0 Å². The van der Waals surface area contributed by atoms with Crippen molar-refractivity contribution in [1.82, 2.24) is 9.80 Å². The first-order chi connectivity index (χ1) is 18.2. The van der Waals surface area contributed by atoms with Gasteiger partial charge in [-0.2, -0.15) is 13.2 Å². The number of nitrogens with zero attached hydrogens (tertiary/aromatic N) is 2. The molecule has 0 radical (unpaired) electrons. The molecule has 6 nitrogen and oxygen atoms in total. The number of carbonyl (C=O) groups excluding carboxylic acids is 2. The number of hydrogen-bond acceptors (Lipinski definition) is 5. The number of likely N-dealkylation sites (tertiary alicyclic amines) is 1. The highest BCUT2D eigenvalue weighted by atomic mass is 19.4. The molecule has 2 aromatic carbocycles. The molecule has 4 rings (SSSR count). The van der Waals surface area contributed by atoms with E-state index in [0.29, 0.717) is 36.5 Å². The molecule has 0 aromatic heterocycles. The summed E-state index contributed by atoms with van der Waals surface area (Å²) in [5, 5.41) is 0. The maximum atomic E-state index is 13.1. The van der Waals surface area contributed by atoms with Gasteiger partial charge in [0.05, 0.1) is 12.7 Å². The fourth-order valence-electron chi connectivity index (χ4n) is 4.19. The Bertz CT molecular complexity index is 1030. The molecule has 0 N–H and O–H groups in total. The lowest BCUT2D eigenvalue weighted by atomic mass is 9.94. The van der Waals surface area contributed by atoms with Gasteiger partial charge in [0.1, 0.15) is 11.5 Å². The first kappa shape index (κ1) is 32.4. The number of likely N-dealkylation sites (N-methyl/N-ethyl adjacent to an activating group) is 1. The summed E-state index contributed by atoms with van der Waals surface area (Å²) in [7, 11) is 3.39. The molecule has 0 saturated carbocycles. The number of allylic oxidation sites excluding steroid dienone is 1. The first-order valence-electron chi connectivity index (χ1n) is 12.2.